The predicted molar refractivity (Wildman–Crippen MR) is 125 cm³/mol. The van der Waals surface area contributed by atoms with Crippen molar-refractivity contribution in [2.75, 3.05) is 13.1 Å². The number of rotatable bonds is 9. The molecule has 8 heteroatoms. The summed E-state index contributed by atoms with van der Waals surface area (Å²) in [4.78, 5) is 20.8. The third-order valence-electron chi connectivity index (χ3n) is 3.61. The molecule has 0 aliphatic heterocycles. The second-order valence-corrected chi connectivity index (χ2v) is 7.38. The third-order valence-corrected chi connectivity index (χ3v) is 3.61. The lowest BCUT2D eigenvalue weighted by Crippen LogP contribution is -2.49. The fraction of sp³-hybridized carbons (Fsp3) is 0.650. The van der Waals surface area contributed by atoms with Crippen molar-refractivity contribution in [1.29, 1.82) is 0 Å². The number of guanidine groups is 1. The maximum Gasteiger partial charge on any atom is 0.407 e. The maximum absolute atomic E-state index is 11.9. The van der Waals surface area contributed by atoms with E-state index in [1.165, 1.54) is 0 Å². The highest BCUT2D eigenvalue weighted by Crippen LogP contribution is 2.07. The average molecular weight is 505 g/mol. The summed E-state index contributed by atoms with van der Waals surface area (Å²) in [6.07, 6.45) is 4.45. The number of nitrogens with zero attached hydrogens (tertiary/aromatic N) is 2. The molecule has 0 aromatic carbocycles. The molecule has 160 valence electrons. The highest BCUT2D eigenvalue weighted by atomic mass is 127. The lowest BCUT2D eigenvalue weighted by molar-refractivity contribution is 0.0523. The van der Waals surface area contributed by atoms with Crippen molar-refractivity contribution in [3.05, 3.63) is 30.1 Å². The van der Waals surface area contributed by atoms with E-state index in [1.807, 2.05) is 45.9 Å². The van der Waals surface area contributed by atoms with Crippen LogP contribution in [0.1, 0.15) is 59.6 Å². The van der Waals surface area contributed by atoms with Gasteiger partial charge in [0.1, 0.15) is 5.60 Å². The number of alkyl carbamates (subject to hydrolysis) is 1. The van der Waals surface area contributed by atoms with Gasteiger partial charge in [-0.15, -0.1) is 24.0 Å². The summed E-state index contributed by atoms with van der Waals surface area (Å²) in [6, 6.07) is 5.86. The highest BCUT2D eigenvalue weighted by molar-refractivity contribution is 14.0. The monoisotopic (exact) mass is 505 g/mol. The molecule has 1 rings (SSSR count). The van der Waals surface area contributed by atoms with Crippen LogP contribution in [0.4, 0.5) is 4.79 Å². The molecule has 0 bridgehead atoms. The molecule has 0 aliphatic rings. The molecule has 1 aromatic heterocycles. The summed E-state index contributed by atoms with van der Waals surface area (Å²) in [5, 5.41) is 9.52. The van der Waals surface area contributed by atoms with Gasteiger partial charge in [0.25, 0.3) is 0 Å². The van der Waals surface area contributed by atoms with E-state index >= 15 is 0 Å². The number of ether oxygens (including phenoxy) is 1. The number of carbonyl (C=O) groups excluding carboxylic acids is 1. The molecule has 1 atom stereocenters. The van der Waals surface area contributed by atoms with Crippen LogP contribution >= 0.6 is 24.0 Å². The van der Waals surface area contributed by atoms with Crippen molar-refractivity contribution in [1.82, 2.24) is 20.9 Å². The normalized spacial score (nSPS) is 12.5. The minimum Gasteiger partial charge on any atom is -0.444 e. The molecule has 0 saturated heterocycles. The number of pyridine rings is 1. The number of amides is 1. The van der Waals surface area contributed by atoms with Crippen LogP contribution in [0.5, 0.6) is 0 Å². The van der Waals surface area contributed by atoms with E-state index in [9.17, 15) is 4.79 Å². The topological polar surface area (TPSA) is 87.6 Å². The summed E-state index contributed by atoms with van der Waals surface area (Å²) in [5.74, 6) is 0.718. The average Bonchev–Trinajstić information content (AvgIpc) is 2.61. The Morgan fingerprint density at radius 2 is 2.00 bits per heavy atom. The fourth-order valence-corrected chi connectivity index (χ4v) is 2.36. The summed E-state index contributed by atoms with van der Waals surface area (Å²) in [6.45, 7) is 11.5. The van der Waals surface area contributed by atoms with E-state index in [0.29, 0.717) is 13.1 Å². The Morgan fingerprint density at radius 3 is 2.57 bits per heavy atom. The quantitative estimate of drug-likeness (QED) is 0.270. The number of aromatic nitrogens is 1. The van der Waals surface area contributed by atoms with Crippen LogP contribution in [-0.2, 0) is 11.3 Å². The largest absolute Gasteiger partial charge is 0.444 e. The van der Waals surface area contributed by atoms with E-state index in [0.717, 1.165) is 37.5 Å². The minimum absolute atomic E-state index is 0. The highest BCUT2D eigenvalue weighted by Gasteiger charge is 2.18. The van der Waals surface area contributed by atoms with Gasteiger partial charge in [-0.1, -0.05) is 25.8 Å². The zero-order valence-corrected chi connectivity index (χ0v) is 20.1. The Kier molecular flexibility index (Phi) is 13.6. The van der Waals surface area contributed by atoms with Gasteiger partial charge in [0, 0.05) is 25.3 Å². The van der Waals surface area contributed by atoms with Gasteiger partial charge in [-0.25, -0.2) is 9.79 Å². The molecule has 28 heavy (non-hydrogen) atoms. The zero-order valence-electron chi connectivity index (χ0n) is 17.7. The maximum atomic E-state index is 11.9. The van der Waals surface area contributed by atoms with Crippen molar-refractivity contribution >= 4 is 36.0 Å². The molecule has 7 nitrogen and oxygen atoms in total. The van der Waals surface area contributed by atoms with Crippen LogP contribution in [0.25, 0.3) is 0 Å². The molecule has 3 N–H and O–H groups in total. The molecule has 0 fully saturated rings. The molecule has 0 aliphatic carbocycles. The van der Waals surface area contributed by atoms with Gasteiger partial charge in [0.05, 0.1) is 12.2 Å². The first kappa shape index (κ1) is 26.4. The molecule has 0 spiro atoms. The van der Waals surface area contributed by atoms with E-state index < -0.39 is 11.7 Å². The second kappa shape index (κ2) is 14.4. The lowest BCUT2D eigenvalue weighted by atomic mass is 10.1. The van der Waals surface area contributed by atoms with E-state index in [2.05, 4.69) is 32.9 Å². The van der Waals surface area contributed by atoms with Crippen LogP contribution < -0.4 is 16.0 Å². The summed E-state index contributed by atoms with van der Waals surface area (Å²) in [7, 11) is 0. The standard InChI is InChI=1S/C20H35N5O2.HI/c1-6-8-11-17(15-24-19(26)27-20(3,4)5)25-18(21-7-2)23-14-16-12-9-10-13-22-16;/h9-10,12-13,17H,6-8,11,14-15H2,1-5H3,(H,24,26)(H2,21,23,25);1H. The summed E-state index contributed by atoms with van der Waals surface area (Å²) < 4.78 is 5.32. The van der Waals surface area contributed by atoms with Gasteiger partial charge < -0.3 is 20.7 Å². The molecule has 1 amide bonds. The molecular formula is C20H36IN5O2. The summed E-state index contributed by atoms with van der Waals surface area (Å²) in [5.41, 5.74) is 0.405. The number of carbonyl (C=O) groups is 1. The van der Waals surface area contributed by atoms with E-state index in [1.54, 1.807) is 6.20 Å². The van der Waals surface area contributed by atoms with Gasteiger partial charge >= 0.3 is 6.09 Å². The van der Waals surface area contributed by atoms with E-state index in [-0.39, 0.29) is 30.0 Å². The molecular weight excluding hydrogens is 469 g/mol. The Bertz CT molecular complexity index is 576. The number of hydrogen-bond acceptors (Lipinski definition) is 4. The third kappa shape index (κ3) is 12.7. The van der Waals surface area contributed by atoms with Crippen molar-refractivity contribution in [2.45, 2.75) is 72.1 Å². The number of unbranched alkanes of at least 4 members (excludes halogenated alkanes) is 1. The first-order chi connectivity index (χ1) is 12.8. The number of nitrogens with one attached hydrogen (secondary N) is 3. The Morgan fingerprint density at radius 1 is 1.25 bits per heavy atom. The van der Waals surface area contributed by atoms with Gasteiger partial charge in [0.2, 0.25) is 0 Å². The lowest BCUT2D eigenvalue weighted by Gasteiger charge is -2.24. The number of halogens is 1. The summed E-state index contributed by atoms with van der Waals surface area (Å²) >= 11 is 0. The minimum atomic E-state index is -0.504. The fourth-order valence-electron chi connectivity index (χ4n) is 2.36. The Labute approximate surface area is 186 Å². The van der Waals surface area contributed by atoms with Gasteiger partial charge in [0.15, 0.2) is 5.96 Å². The first-order valence-electron chi connectivity index (χ1n) is 9.75. The van der Waals surface area contributed by atoms with Crippen LogP contribution in [0, 0.1) is 0 Å². The SMILES string of the molecule is CCCCC(CNC(=O)OC(C)(C)C)NC(=NCc1ccccn1)NCC.I. The Hall–Kier alpha value is -1.58. The van der Waals surface area contributed by atoms with Crippen LogP contribution in [-0.4, -0.2) is 41.8 Å². The molecule has 1 unspecified atom stereocenters. The number of hydrogen-bond donors (Lipinski definition) is 3. The molecule has 0 radical (unpaired) electrons. The van der Waals surface area contributed by atoms with Crippen molar-refractivity contribution in [3.8, 4) is 0 Å². The molecule has 1 heterocycles. The van der Waals surface area contributed by atoms with Crippen molar-refractivity contribution < 1.29 is 9.53 Å². The smallest absolute Gasteiger partial charge is 0.407 e. The van der Waals surface area contributed by atoms with Crippen molar-refractivity contribution in [2.24, 2.45) is 4.99 Å². The number of aliphatic imine (C=N–C) groups is 1. The molecule has 1 aromatic rings. The van der Waals surface area contributed by atoms with Crippen LogP contribution in [0.15, 0.2) is 29.4 Å². The Balaban J connectivity index is 0.00000729. The van der Waals surface area contributed by atoms with Gasteiger partial charge in [-0.2, -0.15) is 0 Å². The zero-order chi connectivity index (χ0) is 20.1. The molecule has 0 saturated carbocycles. The van der Waals surface area contributed by atoms with Crippen molar-refractivity contribution in [3.63, 3.8) is 0 Å². The first-order valence-corrected chi connectivity index (χ1v) is 9.75. The van der Waals surface area contributed by atoms with Crippen LogP contribution in [0.2, 0.25) is 0 Å². The second-order valence-electron chi connectivity index (χ2n) is 7.38. The van der Waals surface area contributed by atoms with Gasteiger partial charge in [-0.05, 0) is 46.2 Å². The van der Waals surface area contributed by atoms with Gasteiger partial charge in [-0.3, -0.25) is 4.98 Å². The van der Waals surface area contributed by atoms with Crippen LogP contribution in [0.3, 0.4) is 0 Å². The predicted octanol–water partition coefficient (Wildman–Crippen LogP) is 3.84. The van der Waals surface area contributed by atoms with E-state index in [4.69, 9.17) is 4.74 Å².